The van der Waals surface area contributed by atoms with Crippen molar-refractivity contribution in [2.75, 3.05) is 31.5 Å². The van der Waals surface area contributed by atoms with Crippen LogP contribution in [0.3, 0.4) is 0 Å². The van der Waals surface area contributed by atoms with Gasteiger partial charge >= 0.3 is 12.2 Å². The number of nitrogens with one attached hydrogen (secondary N) is 2. The molecule has 0 radical (unpaired) electrons. The van der Waals surface area contributed by atoms with Crippen LogP contribution in [-0.2, 0) is 22.2 Å². The number of hydrogen-bond donors (Lipinski definition) is 2. The zero-order valence-corrected chi connectivity index (χ0v) is 21.5. The fourth-order valence-corrected chi connectivity index (χ4v) is 5.14. The number of carbonyl (C=O) groups excluding carboxylic acids is 3. The number of rotatable bonds is 6. The Morgan fingerprint density at radius 1 is 0.897 bits per heavy atom. The molecule has 0 aliphatic carbocycles. The van der Waals surface area contributed by atoms with Gasteiger partial charge in [0.2, 0.25) is 11.8 Å². The smallest absolute Gasteiger partial charge is 0.342 e. The Kier molecular flexibility index (Phi) is 9.08. The van der Waals surface area contributed by atoms with Crippen LogP contribution in [0.4, 0.5) is 28.0 Å². The monoisotopic (exact) mass is 548 g/mol. The summed E-state index contributed by atoms with van der Waals surface area (Å²) in [5.74, 6) is -1.52. The first-order chi connectivity index (χ1) is 18.6. The summed E-state index contributed by atoms with van der Waals surface area (Å²) >= 11 is 0. The zero-order chi connectivity index (χ0) is 28.0. The quantitative estimate of drug-likeness (QED) is 0.508. The Labute approximate surface area is 224 Å². The van der Waals surface area contributed by atoms with E-state index in [1.165, 1.54) is 0 Å². The second kappa shape index (κ2) is 12.5. The van der Waals surface area contributed by atoms with E-state index in [2.05, 4.69) is 10.6 Å². The number of hydrogen-bond acceptors (Lipinski definition) is 3. The van der Waals surface area contributed by atoms with E-state index >= 15 is 0 Å². The maximum absolute atomic E-state index is 13.8. The summed E-state index contributed by atoms with van der Waals surface area (Å²) in [4.78, 5) is 42.6. The molecule has 2 aliphatic heterocycles. The second-order valence-corrected chi connectivity index (χ2v) is 10.1. The molecular formula is C28H32F4N4O3. The van der Waals surface area contributed by atoms with Crippen LogP contribution < -0.4 is 10.6 Å². The van der Waals surface area contributed by atoms with Crippen molar-refractivity contribution in [3.8, 4) is 0 Å². The number of halogens is 4. The third-order valence-electron chi connectivity index (χ3n) is 7.19. The van der Waals surface area contributed by atoms with Crippen molar-refractivity contribution in [2.45, 2.75) is 50.7 Å². The maximum Gasteiger partial charge on any atom is 0.416 e. The molecule has 0 aromatic heterocycles. The van der Waals surface area contributed by atoms with E-state index in [4.69, 9.17) is 0 Å². The van der Waals surface area contributed by atoms with Crippen molar-refractivity contribution in [3.63, 3.8) is 0 Å². The molecule has 2 saturated heterocycles. The van der Waals surface area contributed by atoms with Crippen molar-refractivity contribution in [1.82, 2.24) is 15.1 Å². The van der Waals surface area contributed by atoms with E-state index in [-0.39, 0.29) is 29.8 Å². The Morgan fingerprint density at radius 3 is 2.21 bits per heavy atom. The molecule has 4 rings (SSSR count). The van der Waals surface area contributed by atoms with Gasteiger partial charge in [0.05, 0.1) is 5.56 Å². The predicted octanol–water partition coefficient (Wildman–Crippen LogP) is 4.83. The van der Waals surface area contributed by atoms with Crippen molar-refractivity contribution in [1.29, 1.82) is 0 Å². The molecule has 7 nitrogen and oxygen atoms in total. The highest BCUT2D eigenvalue weighted by molar-refractivity contribution is 5.94. The summed E-state index contributed by atoms with van der Waals surface area (Å²) in [6, 6.07) is 8.78. The molecule has 0 spiro atoms. The third-order valence-corrected chi connectivity index (χ3v) is 7.19. The Hall–Kier alpha value is -3.63. The van der Waals surface area contributed by atoms with Gasteiger partial charge in [-0.15, -0.1) is 0 Å². The second-order valence-electron chi connectivity index (χ2n) is 10.1. The average Bonchev–Trinajstić information content (AvgIpc) is 2.92. The molecule has 39 heavy (non-hydrogen) atoms. The Bertz CT molecular complexity index is 1160. The Morgan fingerprint density at radius 2 is 1.56 bits per heavy atom. The number of likely N-dealkylation sites (tertiary alicyclic amines) is 2. The molecule has 0 unspecified atom stereocenters. The highest BCUT2D eigenvalue weighted by Crippen LogP contribution is 2.31. The van der Waals surface area contributed by atoms with Gasteiger partial charge in [-0.1, -0.05) is 30.3 Å². The first-order valence-corrected chi connectivity index (χ1v) is 13.2. The molecule has 0 bridgehead atoms. The summed E-state index contributed by atoms with van der Waals surface area (Å²) in [6.07, 6.45) is -0.457. The normalized spacial score (nSPS) is 17.4. The van der Waals surface area contributed by atoms with Crippen molar-refractivity contribution in [3.05, 3.63) is 65.5 Å². The van der Waals surface area contributed by atoms with E-state index < -0.39 is 29.6 Å². The topological polar surface area (TPSA) is 81.8 Å². The first-order valence-electron chi connectivity index (χ1n) is 13.2. The molecule has 2 N–H and O–H groups in total. The first kappa shape index (κ1) is 28.4. The molecular weight excluding hydrogens is 516 g/mol. The van der Waals surface area contributed by atoms with E-state index in [1.54, 1.807) is 29.2 Å². The standard InChI is InChI=1S/C28H32F4N4O3/c29-22-16-21(28(30,31)32)17-23(18-22)33-27(39)34-24(15-19-7-3-1-4-8-19)26(38)36-13-9-20(10-14-36)25(37)35-11-5-2-6-12-35/h1,3-4,7-8,16-18,20,24H,2,5-6,9-15H2,(H2,33,34,39)/t24-/m1/s1. The van der Waals surface area contributed by atoms with Crippen molar-refractivity contribution < 1.29 is 31.9 Å². The lowest BCUT2D eigenvalue weighted by Crippen LogP contribution is -2.53. The van der Waals surface area contributed by atoms with Gasteiger partial charge in [-0.05, 0) is 55.9 Å². The molecule has 2 heterocycles. The molecule has 4 amide bonds. The van der Waals surface area contributed by atoms with E-state index in [0.29, 0.717) is 38.1 Å². The zero-order valence-electron chi connectivity index (χ0n) is 21.5. The summed E-state index contributed by atoms with van der Waals surface area (Å²) in [6.45, 7) is 2.25. The van der Waals surface area contributed by atoms with Gasteiger partial charge < -0.3 is 20.4 Å². The number of nitrogens with zero attached hydrogens (tertiary/aromatic N) is 2. The molecule has 11 heteroatoms. The van der Waals surface area contributed by atoms with Crippen LogP contribution in [0.5, 0.6) is 0 Å². The summed E-state index contributed by atoms with van der Waals surface area (Å²) < 4.78 is 53.0. The highest BCUT2D eigenvalue weighted by Gasteiger charge is 2.34. The SMILES string of the molecule is O=C(Nc1cc(F)cc(C(F)(F)F)c1)N[C@H](Cc1ccccc1)C(=O)N1CCC(C(=O)N2CCCCC2)CC1. The van der Waals surface area contributed by atoms with Crippen LogP contribution in [0, 0.1) is 11.7 Å². The van der Waals surface area contributed by atoms with Crippen LogP contribution in [0.25, 0.3) is 0 Å². The minimum absolute atomic E-state index is 0.133. The van der Waals surface area contributed by atoms with Crippen LogP contribution >= 0.6 is 0 Å². The largest absolute Gasteiger partial charge is 0.416 e. The lowest BCUT2D eigenvalue weighted by molar-refractivity contribution is -0.142. The molecule has 210 valence electrons. The summed E-state index contributed by atoms with van der Waals surface area (Å²) in [5.41, 5.74) is -0.851. The fraction of sp³-hybridized carbons (Fsp3) is 0.464. The number of alkyl halides is 3. The van der Waals surface area contributed by atoms with Crippen LogP contribution in [0.1, 0.15) is 43.2 Å². The number of anilines is 1. The van der Waals surface area contributed by atoms with E-state index in [1.807, 2.05) is 11.0 Å². The minimum atomic E-state index is -4.79. The van der Waals surface area contributed by atoms with Gasteiger partial charge in [0, 0.05) is 44.2 Å². The van der Waals surface area contributed by atoms with Gasteiger partial charge in [0.15, 0.2) is 0 Å². The van der Waals surface area contributed by atoms with Gasteiger partial charge in [-0.25, -0.2) is 9.18 Å². The number of piperidine rings is 2. The van der Waals surface area contributed by atoms with Crippen LogP contribution in [0.15, 0.2) is 48.5 Å². The number of carbonyl (C=O) groups is 3. The summed E-state index contributed by atoms with van der Waals surface area (Å²) in [5, 5.41) is 4.77. The number of urea groups is 1. The Balaban J connectivity index is 1.42. The average molecular weight is 549 g/mol. The van der Waals surface area contributed by atoms with Crippen LogP contribution in [-0.4, -0.2) is 59.9 Å². The van der Waals surface area contributed by atoms with Crippen molar-refractivity contribution in [2.24, 2.45) is 5.92 Å². The molecule has 2 aromatic rings. The fourth-order valence-electron chi connectivity index (χ4n) is 5.14. The van der Waals surface area contributed by atoms with Crippen molar-refractivity contribution >= 4 is 23.5 Å². The van der Waals surface area contributed by atoms with Gasteiger partial charge in [-0.2, -0.15) is 13.2 Å². The molecule has 0 saturated carbocycles. The highest BCUT2D eigenvalue weighted by atomic mass is 19.4. The minimum Gasteiger partial charge on any atom is -0.342 e. The molecule has 2 aliphatic rings. The van der Waals surface area contributed by atoms with Crippen LogP contribution in [0.2, 0.25) is 0 Å². The molecule has 2 aromatic carbocycles. The van der Waals surface area contributed by atoms with Gasteiger partial charge in [-0.3, -0.25) is 9.59 Å². The number of amides is 4. The van der Waals surface area contributed by atoms with Gasteiger partial charge in [0.1, 0.15) is 11.9 Å². The van der Waals surface area contributed by atoms with E-state index in [0.717, 1.165) is 44.0 Å². The maximum atomic E-state index is 13.8. The molecule has 2 fully saturated rings. The summed E-state index contributed by atoms with van der Waals surface area (Å²) in [7, 11) is 0. The lowest BCUT2D eigenvalue weighted by Gasteiger charge is -2.37. The predicted molar refractivity (Wildman–Crippen MR) is 137 cm³/mol. The molecule has 1 atom stereocenters. The lowest BCUT2D eigenvalue weighted by atomic mass is 9.93. The van der Waals surface area contributed by atoms with E-state index in [9.17, 15) is 31.9 Å². The number of benzene rings is 2. The third kappa shape index (κ3) is 7.70. The van der Waals surface area contributed by atoms with Gasteiger partial charge in [0.25, 0.3) is 0 Å².